The van der Waals surface area contributed by atoms with Gasteiger partial charge >= 0.3 is 0 Å². The SMILES string of the molecule is Cn1cnc(C#N)c1.Cn1cnc(C2(N)CC2)c1. The number of hydrogen-bond donors (Lipinski definition) is 1. The highest BCUT2D eigenvalue weighted by Crippen LogP contribution is 2.41. The van der Waals surface area contributed by atoms with Gasteiger partial charge in [-0.1, -0.05) is 0 Å². The molecular weight excluding hydrogens is 228 g/mol. The fourth-order valence-corrected chi connectivity index (χ4v) is 1.53. The van der Waals surface area contributed by atoms with E-state index in [2.05, 4.69) is 9.97 Å². The van der Waals surface area contributed by atoms with Crippen molar-refractivity contribution >= 4 is 0 Å². The van der Waals surface area contributed by atoms with Gasteiger partial charge in [-0.25, -0.2) is 9.97 Å². The van der Waals surface area contributed by atoms with E-state index in [1.807, 2.05) is 30.9 Å². The van der Waals surface area contributed by atoms with Crippen molar-refractivity contribution in [2.75, 3.05) is 0 Å². The molecule has 0 radical (unpaired) electrons. The Hall–Kier alpha value is -2.13. The van der Waals surface area contributed by atoms with Crippen molar-refractivity contribution in [2.24, 2.45) is 19.8 Å². The van der Waals surface area contributed by atoms with Gasteiger partial charge in [-0.05, 0) is 12.8 Å². The molecule has 0 bridgehead atoms. The molecule has 94 valence electrons. The van der Waals surface area contributed by atoms with Crippen LogP contribution in [0.1, 0.15) is 24.2 Å². The third-order valence-electron chi connectivity index (χ3n) is 2.82. The van der Waals surface area contributed by atoms with Crippen LogP contribution in [0.5, 0.6) is 0 Å². The zero-order valence-corrected chi connectivity index (χ0v) is 10.5. The first-order chi connectivity index (χ1) is 8.53. The van der Waals surface area contributed by atoms with Crippen molar-refractivity contribution in [3.8, 4) is 6.07 Å². The normalized spacial score (nSPS) is 15.4. The van der Waals surface area contributed by atoms with Crippen molar-refractivity contribution in [1.82, 2.24) is 19.1 Å². The predicted octanol–water partition coefficient (Wildman–Crippen LogP) is 0.660. The summed E-state index contributed by atoms with van der Waals surface area (Å²) >= 11 is 0. The quantitative estimate of drug-likeness (QED) is 0.798. The Morgan fingerprint density at radius 3 is 2.17 bits per heavy atom. The second-order valence-electron chi connectivity index (χ2n) is 4.62. The van der Waals surface area contributed by atoms with E-state index >= 15 is 0 Å². The zero-order chi connectivity index (χ0) is 13.2. The van der Waals surface area contributed by atoms with E-state index in [0.717, 1.165) is 18.5 Å². The molecule has 0 atom stereocenters. The van der Waals surface area contributed by atoms with E-state index in [1.54, 1.807) is 23.4 Å². The van der Waals surface area contributed by atoms with Gasteiger partial charge in [0.2, 0.25) is 0 Å². The van der Waals surface area contributed by atoms with Gasteiger partial charge < -0.3 is 14.9 Å². The average molecular weight is 244 g/mol. The van der Waals surface area contributed by atoms with E-state index in [9.17, 15) is 0 Å². The van der Waals surface area contributed by atoms with Crippen LogP contribution >= 0.6 is 0 Å². The minimum atomic E-state index is -0.0682. The lowest BCUT2D eigenvalue weighted by Gasteiger charge is -2.00. The first-order valence-corrected chi connectivity index (χ1v) is 5.69. The maximum atomic E-state index is 8.23. The molecule has 2 N–H and O–H groups in total. The molecule has 1 aliphatic rings. The largest absolute Gasteiger partial charge is 0.340 e. The smallest absolute Gasteiger partial charge is 0.158 e. The van der Waals surface area contributed by atoms with Gasteiger partial charge in [0.05, 0.1) is 23.9 Å². The summed E-state index contributed by atoms with van der Waals surface area (Å²) in [6.45, 7) is 0. The Kier molecular flexibility index (Phi) is 3.17. The fourth-order valence-electron chi connectivity index (χ4n) is 1.53. The van der Waals surface area contributed by atoms with Crippen LogP contribution in [0.3, 0.4) is 0 Å². The molecular formula is C12H16N6. The van der Waals surface area contributed by atoms with Crippen molar-refractivity contribution in [3.05, 3.63) is 36.4 Å². The van der Waals surface area contributed by atoms with Crippen molar-refractivity contribution < 1.29 is 0 Å². The van der Waals surface area contributed by atoms with Gasteiger partial charge in [0.1, 0.15) is 6.07 Å². The molecule has 18 heavy (non-hydrogen) atoms. The summed E-state index contributed by atoms with van der Waals surface area (Å²) in [7, 11) is 3.79. The lowest BCUT2D eigenvalue weighted by molar-refractivity contribution is 0.712. The summed E-state index contributed by atoms with van der Waals surface area (Å²) < 4.78 is 3.67. The Bertz CT molecular complexity index is 569. The minimum absolute atomic E-state index is 0.0682. The molecule has 2 aromatic heterocycles. The van der Waals surface area contributed by atoms with Crippen LogP contribution in [0.25, 0.3) is 0 Å². The summed E-state index contributed by atoms with van der Waals surface area (Å²) in [5.74, 6) is 0. The molecule has 0 saturated heterocycles. The number of nitrogens with two attached hydrogens (primary N) is 1. The van der Waals surface area contributed by atoms with Gasteiger partial charge in [0, 0.05) is 26.5 Å². The number of aromatic nitrogens is 4. The third kappa shape index (κ3) is 2.76. The molecule has 0 aliphatic heterocycles. The number of nitriles is 1. The average Bonchev–Trinajstić information content (AvgIpc) is 2.79. The van der Waals surface area contributed by atoms with Crippen LogP contribution in [-0.4, -0.2) is 19.1 Å². The highest BCUT2D eigenvalue weighted by atomic mass is 15.0. The lowest BCUT2D eigenvalue weighted by atomic mass is 10.2. The maximum absolute atomic E-state index is 8.23. The molecule has 0 unspecified atom stereocenters. The summed E-state index contributed by atoms with van der Waals surface area (Å²) in [5.41, 5.74) is 7.34. The summed E-state index contributed by atoms with van der Waals surface area (Å²) in [6, 6.07) is 1.92. The zero-order valence-electron chi connectivity index (χ0n) is 10.5. The standard InChI is InChI=1S/C7H11N3.C5H5N3/c1-10-4-6(9-5-10)7(8)2-3-7;1-8-3-5(2-6)7-4-8/h4-5H,2-3,8H2,1H3;3-4H,1H3. The Balaban J connectivity index is 0.000000138. The molecule has 1 saturated carbocycles. The summed E-state index contributed by atoms with van der Waals surface area (Å²) in [5, 5.41) is 8.23. The van der Waals surface area contributed by atoms with Gasteiger partial charge in [-0.2, -0.15) is 5.26 Å². The highest BCUT2D eigenvalue weighted by Gasteiger charge is 2.41. The molecule has 3 rings (SSSR count). The Morgan fingerprint density at radius 2 is 1.83 bits per heavy atom. The molecule has 1 aliphatic carbocycles. The van der Waals surface area contributed by atoms with Crippen LogP contribution in [-0.2, 0) is 19.6 Å². The van der Waals surface area contributed by atoms with Gasteiger partial charge in [0.25, 0.3) is 0 Å². The first-order valence-electron chi connectivity index (χ1n) is 5.69. The van der Waals surface area contributed by atoms with E-state index in [0.29, 0.717) is 5.69 Å². The molecule has 1 fully saturated rings. The van der Waals surface area contributed by atoms with E-state index in [1.165, 1.54) is 0 Å². The maximum Gasteiger partial charge on any atom is 0.158 e. The van der Waals surface area contributed by atoms with Gasteiger partial charge in [-0.3, -0.25) is 0 Å². The first kappa shape index (κ1) is 12.3. The topological polar surface area (TPSA) is 85.5 Å². The van der Waals surface area contributed by atoms with Crippen LogP contribution in [0.15, 0.2) is 25.0 Å². The second-order valence-corrected chi connectivity index (χ2v) is 4.62. The molecule has 0 spiro atoms. The van der Waals surface area contributed by atoms with Crippen molar-refractivity contribution in [3.63, 3.8) is 0 Å². The number of imidazole rings is 2. The van der Waals surface area contributed by atoms with Gasteiger partial charge in [0.15, 0.2) is 5.69 Å². The number of hydrogen-bond acceptors (Lipinski definition) is 4. The summed E-state index contributed by atoms with van der Waals surface area (Å²) in [6.07, 6.45) is 9.22. The van der Waals surface area contributed by atoms with Crippen LogP contribution in [0.4, 0.5) is 0 Å². The molecule has 6 nitrogen and oxygen atoms in total. The van der Waals surface area contributed by atoms with Crippen LogP contribution in [0.2, 0.25) is 0 Å². The lowest BCUT2D eigenvalue weighted by Crippen LogP contribution is -2.18. The Labute approximate surface area is 106 Å². The summed E-state index contributed by atoms with van der Waals surface area (Å²) in [4.78, 5) is 7.92. The van der Waals surface area contributed by atoms with E-state index in [4.69, 9.17) is 11.0 Å². The van der Waals surface area contributed by atoms with E-state index in [-0.39, 0.29) is 5.54 Å². The molecule has 0 amide bonds. The van der Waals surface area contributed by atoms with Crippen molar-refractivity contribution in [1.29, 1.82) is 5.26 Å². The van der Waals surface area contributed by atoms with Crippen LogP contribution < -0.4 is 5.73 Å². The Morgan fingerprint density at radius 1 is 1.22 bits per heavy atom. The predicted molar refractivity (Wildman–Crippen MR) is 66.2 cm³/mol. The minimum Gasteiger partial charge on any atom is -0.340 e. The second kappa shape index (κ2) is 4.63. The molecule has 2 aromatic rings. The fraction of sp³-hybridized carbons (Fsp3) is 0.417. The van der Waals surface area contributed by atoms with E-state index < -0.39 is 0 Å². The molecule has 2 heterocycles. The third-order valence-corrected chi connectivity index (χ3v) is 2.82. The molecule has 6 heteroatoms. The van der Waals surface area contributed by atoms with Crippen molar-refractivity contribution in [2.45, 2.75) is 18.4 Å². The molecule has 0 aromatic carbocycles. The van der Waals surface area contributed by atoms with Gasteiger partial charge in [-0.15, -0.1) is 0 Å². The monoisotopic (exact) mass is 244 g/mol. The number of rotatable bonds is 1. The number of nitrogens with zero attached hydrogens (tertiary/aromatic N) is 5. The van der Waals surface area contributed by atoms with Crippen LogP contribution in [0, 0.1) is 11.3 Å². The number of aryl methyl sites for hydroxylation is 2. The highest BCUT2D eigenvalue weighted by molar-refractivity contribution is 5.19.